The number of rotatable bonds is 7. The number of aryl methyl sites for hydroxylation is 1. The molecule has 0 radical (unpaired) electrons. The lowest BCUT2D eigenvalue weighted by Crippen LogP contribution is -2.59. The van der Waals surface area contributed by atoms with E-state index in [9.17, 15) is 27.6 Å². The van der Waals surface area contributed by atoms with Crippen molar-refractivity contribution < 1.29 is 37.1 Å². The minimum Gasteiger partial charge on any atom is -0.471 e. The fraction of sp³-hybridized carbons (Fsp3) is 0.548. The van der Waals surface area contributed by atoms with Crippen molar-refractivity contribution in [2.24, 2.45) is 11.8 Å². The third-order valence-corrected chi connectivity index (χ3v) is 14.8. The number of urea groups is 1. The van der Waals surface area contributed by atoms with Crippen LogP contribution >= 0.6 is 0 Å². The van der Waals surface area contributed by atoms with Crippen LogP contribution in [0.3, 0.4) is 0 Å². The van der Waals surface area contributed by atoms with Crippen LogP contribution in [0.5, 0.6) is 5.88 Å². The number of hydrogen-bond donors (Lipinski definition) is 3. The van der Waals surface area contributed by atoms with Crippen LogP contribution in [-0.4, -0.2) is 113 Å². The van der Waals surface area contributed by atoms with Gasteiger partial charge in [-0.1, -0.05) is 49.3 Å². The highest BCUT2D eigenvalue weighted by Gasteiger charge is 2.62. The molecule has 3 aromatic rings. The smallest absolute Gasteiger partial charge is 0.318 e. The van der Waals surface area contributed by atoms with Crippen molar-refractivity contribution in [3.8, 4) is 5.88 Å². The Morgan fingerprint density at radius 1 is 1.05 bits per heavy atom. The Balaban J connectivity index is 1.09. The minimum atomic E-state index is -3.90. The summed E-state index contributed by atoms with van der Waals surface area (Å²) in [5, 5.41) is 7.29. The fourth-order valence-corrected chi connectivity index (χ4v) is 10.9. The maximum Gasteiger partial charge on any atom is 0.318 e. The van der Waals surface area contributed by atoms with Crippen molar-refractivity contribution in [1.82, 2.24) is 34.7 Å². The summed E-state index contributed by atoms with van der Waals surface area (Å²) < 4.78 is 42.9. The zero-order chi connectivity index (χ0) is 40.3. The molecule has 6 atom stereocenters. The Labute approximate surface area is 337 Å². The molecule has 58 heavy (non-hydrogen) atoms. The molecule has 2 saturated heterocycles. The minimum absolute atomic E-state index is 0.0192. The van der Waals surface area contributed by atoms with Gasteiger partial charge in [0.15, 0.2) is 0 Å². The van der Waals surface area contributed by atoms with Gasteiger partial charge >= 0.3 is 6.03 Å². The summed E-state index contributed by atoms with van der Waals surface area (Å²) in [4.78, 5) is 65.3. The van der Waals surface area contributed by atoms with Gasteiger partial charge in [0.05, 0.1) is 30.0 Å². The summed E-state index contributed by atoms with van der Waals surface area (Å²) in [5.41, 5.74) is 1.03. The van der Waals surface area contributed by atoms with Crippen molar-refractivity contribution in [1.29, 1.82) is 0 Å². The summed E-state index contributed by atoms with van der Waals surface area (Å²) in [6.07, 6.45) is 11.9. The molecule has 308 valence electrons. The number of ether oxygens (including phenoxy) is 2. The van der Waals surface area contributed by atoms with Crippen molar-refractivity contribution in [2.75, 3.05) is 26.2 Å². The monoisotopic (exact) mass is 813 g/mol. The van der Waals surface area contributed by atoms with E-state index in [0.717, 1.165) is 53.1 Å². The highest BCUT2D eigenvalue weighted by Crippen LogP contribution is 2.46. The first-order valence-electron chi connectivity index (χ1n) is 20.6. The predicted octanol–water partition coefficient (Wildman–Crippen LogP) is 3.44. The molecule has 0 spiro atoms. The van der Waals surface area contributed by atoms with Gasteiger partial charge in [0.25, 0.3) is 5.91 Å². The molecule has 16 heteroatoms. The van der Waals surface area contributed by atoms with Crippen LogP contribution in [0.25, 0.3) is 21.8 Å². The topological polar surface area (TPSA) is 181 Å². The molecule has 5 amide bonds. The molecule has 3 N–H and O–H groups in total. The van der Waals surface area contributed by atoms with Gasteiger partial charge in [0.2, 0.25) is 27.7 Å². The number of hydrogen-bond acceptors (Lipinski definition) is 9. The third-order valence-electron chi connectivity index (χ3n) is 13.0. The van der Waals surface area contributed by atoms with Crippen LogP contribution in [0, 0.1) is 18.8 Å². The van der Waals surface area contributed by atoms with Crippen LogP contribution in [0.2, 0.25) is 0 Å². The number of sulfonamides is 1. The molecule has 2 aromatic heterocycles. The third kappa shape index (κ3) is 7.11. The van der Waals surface area contributed by atoms with Gasteiger partial charge in [-0.2, -0.15) is 0 Å². The molecule has 15 nitrogen and oxygen atoms in total. The highest BCUT2D eigenvalue weighted by molar-refractivity contribution is 7.91. The van der Waals surface area contributed by atoms with Crippen LogP contribution in [0.15, 0.2) is 55.3 Å². The second-order valence-corrected chi connectivity index (χ2v) is 18.9. The molecular formula is C42H51N7O8S. The van der Waals surface area contributed by atoms with E-state index in [0.29, 0.717) is 51.4 Å². The molecule has 6 aliphatic rings. The van der Waals surface area contributed by atoms with Crippen molar-refractivity contribution >= 4 is 55.6 Å². The first kappa shape index (κ1) is 38.6. The van der Waals surface area contributed by atoms with Crippen LogP contribution < -0.4 is 20.1 Å². The summed E-state index contributed by atoms with van der Waals surface area (Å²) in [5.74, 6) is -2.10. The summed E-state index contributed by atoms with van der Waals surface area (Å²) in [7, 11) is -3.90. The van der Waals surface area contributed by atoms with Gasteiger partial charge in [-0.25, -0.2) is 18.2 Å². The summed E-state index contributed by atoms with van der Waals surface area (Å²) >= 11 is 0. The maximum absolute atomic E-state index is 15.0. The van der Waals surface area contributed by atoms with Gasteiger partial charge in [-0.3, -0.25) is 19.1 Å². The van der Waals surface area contributed by atoms with E-state index >= 15 is 0 Å². The Kier molecular flexibility index (Phi) is 9.98. The molecule has 0 unspecified atom stereocenters. The van der Waals surface area contributed by atoms with Gasteiger partial charge < -0.3 is 34.5 Å². The summed E-state index contributed by atoms with van der Waals surface area (Å²) in [6, 6.07) is 5.50. The number of amides is 5. The van der Waals surface area contributed by atoms with E-state index in [1.165, 1.54) is 11.0 Å². The number of fused-ring (bicyclic) bond motifs is 6. The van der Waals surface area contributed by atoms with E-state index in [1.54, 1.807) is 4.90 Å². The first-order chi connectivity index (χ1) is 28.0. The van der Waals surface area contributed by atoms with Crippen LogP contribution in [0.1, 0.15) is 63.4 Å². The lowest BCUT2D eigenvalue weighted by Gasteiger charge is -2.33. The number of allylic oxidation sites excluding steroid dienone is 1. The van der Waals surface area contributed by atoms with E-state index in [4.69, 9.17) is 14.5 Å². The molecule has 4 bridgehead atoms. The molecule has 5 fully saturated rings. The number of pyridine rings is 1. The van der Waals surface area contributed by atoms with Crippen LogP contribution in [0.4, 0.5) is 4.79 Å². The van der Waals surface area contributed by atoms with E-state index in [-0.39, 0.29) is 37.4 Å². The number of nitrogens with one attached hydrogen (secondary N) is 3. The number of benzene rings is 1. The highest BCUT2D eigenvalue weighted by atomic mass is 32.2. The van der Waals surface area contributed by atoms with E-state index in [1.807, 2.05) is 36.4 Å². The van der Waals surface area contributed by atoms with Gasteiger partial charge in [0, 0.05) is 48.9 Å². The zero-order valence-electron chi connectivity index (χ0n) is 32.7. The Morgan fingerprint density at radius 3 is 2.60 bits per heavy atom. The standard InChI is InChI=1S/C42H51N7O8S/c1-3-27-21-42(27,40(52)46-58(54,55)30-14-15-30)45-37(50)33-20-29-24-49(33)39(51)35(26-10-4-5-11-26)44-41(53)48-18-16-28(23-48)56-19-9-8-17-47-22-25(2)34-31-12-6-7-13-32(31)43-38(57-29)36(34)47/h3,6-9,12-13,22,26-30,33,35H,1,4-5,10-11,14-21,23-24H2,2H3,(H,44,53)(H,45,50)(H,46,52)/t27-,28+,29-,33+,35+,42-/m1/s1. The second-order valence-electron chi connectivity index (χ2n) is 16.9. The molecule has 3 aliphatic carbocycles. The predicted molar refractivity (Wildman–Crippen MR) is 215 cm³/mol. The lowest BCUT2D eigenvalue weighted by atomic mass is 9.96. The van der Waals surface area contributed by atoms with Crippen molar-refractivity contribution in [3.63, 3.8) is 0 Å². The van der Waals surface area contributed by atoms with Gasteiger partial charge in [-0.15, -0.1) is 6.58 Å². The average molecular weight is 814 g/mol. The molecule has 1 aromatic carbocycles. The number of nitrogens with zero attached hydrogens (tertiary/aromatic N) is 4. The molecular weight excluding hydrogens is 763 g/mol. The number of aromatic nitrogens is 2. The summed E-state index contributed by atoms with van der Waals surface area (Å²) in [6.45, 7) is 7.68. The number of carbonyl (C=O) groups is 4. The Morgan fingerprint density at radius 2 is 1.84 bits per heavy atom. The largest absolute Gasteiger partial charge is 0.471 e. The van der Waals surface area contributed by atoms with Crippen LogP contribution in [-0.2, 0) is 35.7 Å². The Hall–Kier alpha value is -4.96. The van der Waals surface area contributed by atoms with E-state index < -0.39 is 62.6 Å². The molecule has 9 rings (SSSR count). The fourth-order valence-electron chi connectivity index (χ4n) is 9.56. The molecule has 5 heterocycles. The average Bonchev–Trinajstić information content (AvgIpc) is 3.88. The first-order valence-corrected chi connectivity index (χ1v) is 22.2. The quantitative estimate of drug-likeness (QED) is 0.301. The Bertz CT molecular complexity index is 2320. The van der Waals surface area contributed by atoms with E-state index in [2.05, 4.69) is 39.6 Å². The molecule has 3 aliphatic heterocycles. The zero-order valence-corrected chi connectivity index (χ0v) is 33.5. The number of carbonyl (C=O) groups excluding carboxylic acids is 4. The maximum atomic E-state index is 15.0. The van der Waals surface area contributed by atoms with Crippen molar-refractivity contribution in [2.45, 2.75) is 106 Å². The number of para-hydroxylation sites is 1. The van der Waals surface area contributed by atoms with Gasteiger partial charge in [0.1, 0.15) is 29.2 Å². The van der Waals surface area contributed by atoms with Crippen molar-refractivity contribution in [3.05, 3.63) is 60.8 Å². The lowest BCUT2D eigenvalue weighted by molar-refractivity contribution is -0.142. The molecule has 3 saturated carbocycles. The second kappa shape index (κ2) is 15.0. The normalized spacial score (nSPS) is 29.4. The SMILES string of the molecule is C=C[C@@H]1C[C@]1(NC(=O)[C@@H]1C[C@@H]2CN1C(=O)[C@H](C1CCCC1)NC(=O)N1CC[C@@H](C1)OCC=CCn1cc(C)c3c4ccccc4nc(c31)O2)C(=O)NS(=O)(=O)C1CC1. The van der Waals surface area contributed by atoms with Gasteiger partial charge in [-0.05, 0) is 63.0 Å².